The standard InChI is InChI=1S/C36H35NO.C29H28O2/c1-26-29(15-9-21-37-26)24-35(38)32-17-18-34-31(22-32)14-8-16-33-23-30(28-12-6-3-7-13-28)19-20-36(33,34)25-27-10-4-2-5-11-27;30-28(31)25-14-15-27-24(18-25)12-7-13-26-19-23(22-10-5-2-6-11-22)16-17-29(26,27)20-21-8-3-1-4-9-21/h2-7,9-13,15,17-19,21-22,33H,8,14,16,20,23-25H2,1H3;1-6,8-11,14-16,18,26H,7,12-13,17,19-20H2,(H,30,31)/t33-,36-;26-,29-/m00/s1. The van der Waals surface area contributed by atoms with Crippen molar-refractivity contribution in [2.75, 3.05) is 0 Å². The van der Waals surface area contributed by atoms with Crippen molar-refractivity contribution in [2.24, 2.45) is 11.8 Å². The molecule has 1 aromatic heterocycles. The number of nitrogens with zero attached hydrogens (tertiary/aromatic N) is 1. The molecule has 0 saturated heterocycles. The van der Waals surface area contributed by atoms with Crippen LogP contribution in [0.3, 0.4) is 0 Å². The first-order chi connectivity index (χ1) is 33.8. The van der Waals surface area contributed by atoms with Crippen LogP contribution in [0.1, 0.15) is 128 Å². The van der Waals surface area contributed by atoms with E-state index in [0.717, 1.165) is 81.0 Å². The Morgan fingerprint density at radius 1 is 0.565 bits per heavy atom. The van der Waals surface area contributed by atoms with Gasteiger partial charge >= 0.3 is 5.97 Å². The summed E-state index contributed by atoms with van der Waals surface area (Å²) < 4.78 is 0. The second-order valence-electron chi connectivity index (χ2n) is 20.2. The summed E-state index contributed by atoms with van der Waals surface area (Å²) >= 11 is 0. The molecule has 1 heterocycles. The smallest absolute Gasteiger partial charge is 0.335 e. The first-order valence-corrected chi connectivity index (χ1v) is 25.3. The minimum absolute atomic E-state index is 0.0164. The Bertz CT molecular complexity index is 2990. The Balaban J connectivity index is 0.000000164. The lowest BCUT2D eigenvalue weighted by atomic mass is 9.59. The quantitative estimate of drug-likeness (QED) is 0.139. The Morgan fingerprint density at radius 3 is 1.51 bits per heavy atom. The number of carbonyl (C=O) groups is 2. The molecule has 0 fully saturated rings. The van der Waals surface area contributed by atoms with Crippen molar-refractivity contribution in [3.63, 3.8) is 0 Å². The van der Waals surface area contributed by atoms with Crippen LogP contribution >= 0.6 is 0 Å². The van der Waals surface area contributed by atoms with Crippen LogP contribution in [-0.2, 0) is 42.9 Å². The van der Waals surface area contributed by atoms with Crippen molar-refractivity contribution < 1.29 is 14.7 Å². The molecule has 4 aliphatic carbocycles. The second kappa shape index (κ2) is 20.4. The molecule has 0 aliphatic heterocycles. The van der Waals surface area contributed by atoms with E-state index in [1.165, 1.54) is 68.5 Å². The summed E-state index contributed by atoms with van der Waals surface area (Å²) in [4.78, 5) is 29.3. The van der Waals surface area contributed by atoms with E-state index >= 15 is 0 Å². The number of hydrogen-bond acceptors (Lipinski definition) is 3. The molecule has 0 amide bonds. The number of pyridine rings is 1. The Kier molecular flexibility index (Phi) is 13.5. The molecule has 346 valence electrons. The average molecular weight is 906 g/mol. The normalized spacial score (nSPS) is 21.5. The summed E-state index contributed by atoms with van der Waals surface area (Å²) in [6.45, 7) is 1.98. The highest BCUT2D eigenvalue weighted by molar-refractivity contribution is 5.98. The van der Waals surface area contributed by atoms with Crippen LogP contribution in [-0.4, -0.2) is 21.8 Å². The van der Waals surface area contributed by atoms with Gasteiger partial charge in [0.15, 0.2) is 5.78 Å². The molecule has 0 saturated carbocycles. The van der Waals surface area contributed by atoms with Crippen molar-refractivity contribution in [2.45, 2.75) is 101 Å². The number of carboxylic acids is 1. The molecule has 0 radical (unpaired) electrons. The molecule has 69 heavy (non-hydrogen) atoms. The van der Waals surface area contributed by atoms with Crippen LogP contribution in [0.5, 0.6) is 0 Å². The number of carboxylic acid groups (broad SMARTS) is 1. The summed E-state index contributed by atoms with van der Waals surface area (Å²) in [5, 5.41) is 9.54. The molecule has 0 bridgehead atoms. The van der Waals surface area contributed by atoms with Crippen LogP contribution in [0.25, 0.3) is 11.1 Å². The fourth-order valence-corrected chi connectivity index (χ4v) is 12.7. The predicted octanol–water partition coefficient (Wildman–Crippen LogP) is 14.8. The third-order valence-corrected chi connectivity index (χ3v) is 16.3. The van der Waals surface area contributed by atoms with Gasteiger partial charge in [-0.15, -0.1) is 0 Å². The molecule has 11 rings (SSSR count). The average Bonchev–Trinajstić information content (AvgIpc) is 3.65. The fourth-order valence-electron chi connectivity index (χ4n) is 12.7. The number of carbonyl (C=O) groups excluding carboxylic acids is 1. The fraction of sp³-hybridized carbons (Fsp3) is 0.277. The zero-order valence-electron chi connectivity index (χ0n) is 40.0. The van der Waals surface area contributed by atoms with Crippen molar-refractivity contribution in [3.8, 4) is 0 Å². The molecule has 4 nitrogen and oxygen atoms in total. The minimum Gasteiger partial charge on any atom is -0.478 e. The topological polar surface area (TPSA) is 67.3 Å². The predicted molar refractivity (Wildman–Crippen MR) is 281 cm³/mol. The maximum Gasteiger partial charge on any atom is 0.335 e. The third kappa shape index (κ3) is 9.73. The number of fused-ring (bicyclic) bond motifs is 6. The summed E-state index contributed by atoms with van der Waals surface area (Å²) in [7, 11) is 0. The first-order valence-electron chi connectivity index (χ1n) is 25.3. The Morgan fingerprint density at radius 2 is 1.03 bits per heavy atom. The van der Waals surface area contributed by atoms with Gasteiger partial charge in [-0.3, -0.25) is 9.78 Å². The lowest BCUT2D eigenvalue weighted by molar-refractivity contribution is 0.0696. The molecule has 0 spiro atoms. The van der Waals surface area contributed by atoms with E-state index in [2.05, 4.69) is 163 Å². The number of Topliss-reactive ketones (excluding diaryl/α,β-unsaturated/α-hetero) is 1. The van der Waals surface area contributed by atoms with Gasteiger partial charge < -0.3 is 5.11 Å². The van der Waals surface area contributed by atoms with Crippen molar-refractivity contribution >= 4 is 22.9 Å². The number of aryl methyl sites for hydroxylation is 3. The monoisotopic (exact) mass is 905 g/mol. The highest BCUT2D eigenvalue weighted by Gasteiger charge is 2.46. The molecular formula is C65H63NO3. The lowest BCUT2D eigenvalue weighted by Gasteiger charge is -2.45. The van der Waals surface area contributed by atoms with E-state index in [4.69, 9.17) is 0 Å². The molecule has 4 atom stereocenters. The highest BCUT2D eigenvalue weighted by atomic mass is 16.4. The van der Waals surface area contributed by atoms with Crippen molar-refractivity contribution in [1.82, 2.24) is 4.98 Å². The summed E-state index contributed by atoms with van der Waals surface area (Å²) in [5.74, 6) is 0.459. The molecule has 1 N–H and O–H groups in total. The van der Waals surface area contributed by atoms with E-state index in [1.54, 1.807) is 6.20 Å². The summed E-state index contributed by atoms with van der Waals surface area (Å²) in [6.07, 6.45) is 20.1. The first kappa shape index (κ1) is 45.9. The number of allylic oxidation sites excluding steroid dienone is 4. The Labute approximate surface area is 408 Å². The SMILES string of the molecule is Cc1ncccc1CC(=O)c1ccc2c(c1)CCC[C@H]1CC(c3ccccc3)=CC[C@@]21Cc1ccccc1.O=C(O)c1ccc2c(c1)CCC[C@H]1CC(c3ccccc3)=CC[C@@]21Cc1ccccc1. The molecule has 6 aromatic carbocycles. The number of hydrogen-bond donors (Lipinski definition) is 1. The van der Waals surface area contributed by atoms with Crippen LogP contribution in [0.15, 0.2) is 188 Å². The van der Waals surface area contributed by atoms with Crippen molar-refractivity contribution in [3.05, 3.63) is 255 Å². The van der Waals surface area contributed by atoms with E-state index in [0.29, 0.717) is 23.8 Å². The molecular weight excluding hydrogens is 843 g/mol. The minimum atomic E-state index is -0.837. The third-order valence-electron chi connectivity index (χ3n) is 16.3. The van der Waals surface area contributed by atoms with Gasteiger partial charge in [-0.25, -0.2) is 4.79 Å². The lowest BCUT2D eigenvalue weighted by Crippen LogP contribution is -2.39. The molecule has 0 unspecified atom stereocenters. The maximum absolute atomic E-state index is 13.4. The molecule has 4 heteroatoms. The summed E-state index contributed by atoms with van der Waals surface area (Å²) in [5.41, 5.74) is 17.1. The van der Waals surface area contributed by atoms with Crippen LogP contribution in [0, 0.1) is 18.8 Å². The number of ketones is 1. The van der Waals surface area contributed by atoms with E-state index < -0.39 is 5.97 Å². The van der Waals surface area contributed by atoms with Gasteiger partial charge in [-0.1, -0.05) is 158 Å². The number of rotatable bonds is 10. The van der Waals surface area contributed by atoms with Crippen LogP contribution in [0.4, 0.5) is 0 Å². The second-order valence-corrected chi connectivity index (χ2v) is 20.2. The van der Waals surface area contributed by atoms with Gasteiger partial charge in [0.1, 0.15) is 0 Å². The van der Waals surface area contributed by atoms with Gasteiger partial charge in [0, 0.05) is 34.7 Å². The van der Waals surface area contributed by atoms with Crippen LogP contribution < -0.4 is 0 Å². The van der Waals surface area contributed by atoms with E-state index in [9.17, 15) is 14.7 Å². The van der Waals surface area contributed by atoms with Gasteiger partial charge in [0.25, 0.3) is 0 Å². The molecule has 7 aromatic rings. The number of benzene rings is 6. The van der Waals surface area contributed by atoms with Crippen LogP contribution in [0.2, 0.25) is 0 Å². The zero-order valence-corrected chi connectivity index (χ0v) is 40.0. The zero-order chi connectivity index (χ0) is 47.2. The van der Waals surface area contributed by atoms with E-state index in [-0.39, 0.29) is 16.6 Å². The van der Waals surface area contributed by atoms with Gasteiger partial charge in [0.2, 0.25) is 0 Å². The van der Waals surface area contributed by atoms with Gasteiger partial charge in [-0.05, 0) is 181 Å². The highest BCUT2D eigenvalue weighted by Crippen LogP contribution is 2.54. The largest absolute Gasteiger partial charge is 0.478 e. The van der Waals surface area contributed by atoms with E-state index in [1.807, 2.05) is 31.2 Å². The summed E-state index contributed by atoms with van der Waals surface area (Å²) in [6, 6.07) is 59.9. The molecule has 4 aliphatic rings. The number of aromatic nitrogens is 1. The van der Waals surface area contributed by atoms with Crippen molar-refractivity contribution in [1.29, 1.82) is 0 Å². The van der Waals surface area contributed by atoms with Gasteiger partial charge in [-0.2, -0.15) is 0 Å². The Hall–Kier alpha value is -6.91. The van der Waals surface area contributed by atoms with Gasteiger partial charge in [0.05, 0.1) is 5.56 Å². The maximum atomic E-state index is 13.4. The number of aromatic carboxylic acids is 1.